The van der Waals surface area contributed by atoms with Crippen molar-refractivity contribution in [3.63, 3.8) is 0 Å². The standard InChI is InChI=1S/C15H18N2O5/c1-11(18)10-22-15(19)12-5-6-13(14(9-12)17(20)21)16-7-3-2-4-8-16/h5-6,9H,2-4,7-8,10H2,1H3. The number of esters is 1. The minimum Gasteiger partial charge on any atom is -0.454 e. The molecule has 0 spiro atoms. The third-order valence-electron chi connectivity index (χ3n) is 3.51. The molecule has 1 aromatic carbocycles. The van der Waals surface area contributed by atoms with E-state index in [1.54, 1.807) is 6.07 Å². The lowest BCUT2D eigenvalue weighted by Crippen LogP contribution is -2.30. The van der Waals surface area contributed by atoms with Crippen LogP contribution in [0.1, 0.15) is 36.5 Å². The summed E-state index contributed by atoms with van der Waals surface area (Å²) >= 11 is 0. The number of Topliss-reactive ketones (excluding diaryl/α,β-unsaturated/α-hetero) is 1. The van der Waals surface area contributed by atoms with E-state index in [0.717, 1.165) is 32.4 Å². The lowest BCUT2D eigenvalue weighted by Gasteiger charge is -2.28. The first-order chi connectivity index (χ1) is 10.5. The molecule has 0 unspecified atom stereocenters. The number of carbonyl (C=O) groups is 2. The van der Waals surface area contributed by atoms with Crippen LogP contribution in [0.15, 0.2) is 18.2 Å². The molecule has 1 fully saturated rings. The van der Waals surface area contributed by atoms with Gasteiger partial charge in [-0.3, -0.25) is 14.9 Å². The lowest BCUT2D eigenvalue weighted by molar-refractivity contribution is -0.384. The Hall–Kier alpha value is -2.44. The molecule has 0 saturated carbocycles. The highest BCUT2D eigenvalue weighted by Gasteiger charge is 2.23. The fraction of sp³-hybridized carbons (Fsp3) is 0.467. The van der Waals surface area contributed by atoms with E-state index in [4.69, 9.17) is 4.74 Å². The van der Waals surface area contributed by atoms with Gasteiger partial charge in [0.25, 0.3) is 5.69 Å². The average Bonchev–Trinajstić information content (AvgIpc) is 2.52. The number of anilines is 1. The fourth-order valence-corrected chi connectivity index (χ4v) is 2.45. The van der Waals surface area contributed by atoms with E-state index in [0.29, 0.717) is 5.69 Å². The van der Waals surface area contributed by atoms with Crippen LogP contribution in [0, 0.1) is 10.1 Å². The molecule has 7 heteroatoms. The highest BCUT2D eigenvalue weighted by atomic mass is 16.6. The second kappa shape index (κ2) is 7.02. The minimum absolute atomic E-state index is 0.0775. The number of nitro groups is 1. The molecule has 7 nitrogen and oxygen atoms in total. The molecule has 0 amide bonds. The van der Waals surface area contributed by atoms with E-state index < -0.39 is 10.9 Å². The van der Waals surface area contributed by atoms with Crippen molar-refractivity contribution in [2.24, 2.45) is 0 Å². The van der Waals surface area contributed by atoms with Gasteiger partial charge in [-0.2, -0.15) is 0 Å². The van der Waals surface area contributed by atoms with Crippen LogP contribution in [-0.4, -0.2) is 36.4 Å². The maximum Gasteiger partial charge on any atom is 0.338 e. The number of piperidine rings is 1. The number of benzene rings is 1. The number of hydrogen-bond donors (Lipinski definition) is 0. The molecule has 1 heterocycles. The maximum absolute atomic E-state index is 11.8. The number of carbonyl (C=O) groups excluding carboxylic acids is 2. The zero-order chi connectivity index (χ0) is 16.1. The summed E-state index contributed by atoms with van der Waals surface area (Å²) in [4.78, 5) is 35.4. The van der Waals surface area contributed by atoms with Gasteiger partial charge < -0.3 is 9.64 Å². The molecular formula is C15H18N2O5. The average molecular weight is 306 g/mol. The Morgan fingerprint density at radius 2 is 1.95 bits per heavy atom. The van der Waals surface area contributed by atoms with Gasteiger partial charge in [-0.1, -0.05) is 0 Å². The van der Waals surface area contributed by atoms with Crippen LogP contribution in [0.4, 0.5) is 11.4 Å². The molecule has 1 aromatic rings. The Bertz CT molecular complexity index is 594. The predicted molar refractivity (Wildman–Crippen MR) is 80.1 cm³/mol. The smallest absolute Gasteiger partial charge is 0.338 e. The zero-order valence-electron chi connectivity index (χ0n) is 12.4. The number of nitro benzene ring substituents is 1. The summed E-state index contributed by atoms with van der Waals surface area (Å²) in [6.07, 6.45) is 3.12. The zero-order valence-corrected chi connectivity index (χ0v) is 12.4. The van der Waals surface area contributed by atoms with Gasteiger partial charge in [0.1, 0.15) is 12.3 Å². The topological polar surface area (TPSA) is 89.8 Å². The molecule has 0 N–H and O–H groups in total. The number of ether oxygens (including phenoxy) is 1. The molecule has 22 heavy (non-hydrogen) atoms. The number of rotatable bonds is 5. The molecule has 0 aliphatic carbocycles. The van der Waals surface area contributed by atoms with E-state index >= 15 is 0 Å². The Morgan fingerprint density at radius 3 is 2.55 bits per heavy atom. The van der Waals surface area contributed by atoms with Crippen molar-refractivity contribution in [2.75, 3.05) is 24.6 Å². The van der Waals surface area contributed by atoms with Crippen molar-refractivity contribution >= 4 is 23.1 Å². The van der Waals surface area contributed by atoms with E-state index in [-0.39, 0.29) is 23.6 Å². The van der Waals surface area contributed by atoms with Gasteiger partial charge in [0, 0.05) is 19.2 Å². The van der Waals surface area contributed by atoms with Crippen molar-refractivity contribution in [3.8, 4) is 0 Å². The summed E-state index contributed by atoms with van der Waals surface area (Å²) in [7, 11) is 0. The molecule has 118 valence electrons. The van der Waals surface area contributed by atoms with Gasteiger partial charge in [-0.25, -0.2) is 4.79 Å². The second-order valence-corrected chi connectivity index (χ2v) is 5.29. The number of hydrogen-bond acceptors (Lipinski definition) is 6. The first-order valence-corrected chi connectivity index (χ1v) is 7.19. The molecule has 0 radical (unpaired) electrons. The third-order valence-corrected chi connectivity index (χ3v) is 3.51. The van der Waals surface area contributed by atoms with E-state index in [1.807, 2.05) is 4.90 Å². The number of nitrogens with zero attached hydrogens (tertiary/aromatic N) is 2. The van der Waals surface area contributed by atoms with Crippen LogP contribution in [0.3, 0.4) is 0 Å². The Labute approximate surface area is 128 Å². The summed E-state index contributed by atoms with van der Waals surface area (Å²) in [5.41, 5.74) is 0.487. The summed E-state index contributed by atoms with van der Waals surface area (Å²) < 4.78 is 4.78. The Balaban J connectivity index is 2.24. The van der Waals surface area contributed by atoms with Crippen molar-refractivity contribution < 1.29 is 19.2 Å². The lowest BCUT2D eigenvalue weighted by atomic mass is 10.1. The van der Waals surface area contributed by atoms with Gasteiger partial charge in [0.05, 0.1) is 10.5 Å². The highest BCUT2D eigenvalue weighted by Crippen LogP contribution is 2.31. The van der Waals surface area contributed by atoms with Crippen LogP contribution in [-0.2, 0) is 9.53 Å². The molecule has 0 atom stereocenters. The predicted octanol–water partition coefficient (Wildman–Crippen LogP) is 2.33. The first-order valence-electron chi connectivity index (χ1n) is 7.19. The van der Waals surface area contributed by atoms with Crippen LogP contribution < -0.4 is 4.90 Å². The Morgan fingerprint density at radius 1 is 1.27 bits per heavy atom. The quantitative estimate of drug-likeness (QED) is 0.471. The van der Waals surface area contributed by atoms with E-state index in [1.165, 1.54) is 19.1 Å². The highest BCUT2D eigenvalue weighted by molar-refractivity contribution is 5.93. The molecule has 1 aliphatic rings. The summed E-state index contributed by atoms with van der Waals surface area (Å²) in [6, 6.07) is 4.29. The fourth-order valence-electron chi connectivity index (χ4n) is 2.45. The van der Waals surface area contributed by atoms with Crippen molar-refractivity contribution in [3.05, 3.63) is 33.9 Å². The largest absolute Gasteiger partial charge is 0.454 e. The molecule has 1 aliphatic heterocycles. The van der Waals surface area contributed by atoms with Gasteiger partial charge >= 0.3 is 5.97 Å². The van der Waals surface area contributed by atoms with E-state index in [2.05, 4.69) is 0 Å². The summed E-state index contributed by atoms with van der Waals surface area (Å²) in [5.74, 6) is -1.02. The van der Waals surface area contributed by atoms with Crippen LogP contribution >= 0.6 is 0 Å². The van der Waals surface area contributed by atoms with E-state index in [9.17, 15) is 19.7 Å². The van der Waals surface area contributed by atoms with Gasteiger partial charge in [0.15, 0.2) is 5.78 Å². The molecule has 2 rings (SSSR count). The normalized spacial score (nSPS) is 14.5. The van der Waals surface area contributed by atoms with Crippen LogP contribution in [0.25, 0.3) is 0 Å². The third kappa shape index (κ3) is 3.81. The molecule has 0 aromatic heterocycles. The first kappa shape index (κ1) is 15.9. The van der Waals surface area contributed by atoms with Gasteiger partial charge in [0.2, 0.25) is 0 Å². The van der Waals surface area contributed by atoms with Crippen molar-refractivity contribution in [2.45, 2.75) is 26.2 Å². The summed E-state index contributed by atoms with van der Waals surface area (Å²) in [6.45, 7) is 2.51. The summed E-state index contributed by atoms with van der Waals surface area (Å²) in [5, 5.41) is 11.3. The number of ketones is 1. The van der Waals surface area contributed by atoms with Gasteiger partial charge in [-0.15, -0.1) is 0 Å². The van der Waals surface area contributed by atoms with Crippen molar-refractivity contribution in [1.82, 2.24) is 0 Å². The molecular weight excluding hydrogens is 288 g/mol. The maximum atomic E-state index is 11.8. The Kier molecular flexibility index (Phi) is 5.08. The second-order valence-electron chi connectivity index (χ2n) is 5.29. The molecule has 1 saturated heterocycles. The monoisotopic (exact) mass is 306 g/mol. The SMILES string of the molecule is CC(=O)COC(=O)c1ccc(N2CCCCC2)c([N+](=O)[O-])c1. The minimum atomic E-state index is -0.733. The van der Waals surface area contributed by atoms with Crippen LogP contribution in [0.5, 0.6) is 0 Å². The molecule has 0 bridgehead atoms. The van der Waals surface area contributed by atoms with Gasteiger partial charge in [-0.05, 0) is 38.3 Å². The van der Waals surface area contributed by atoms with Crippen molar-refractivity contribution in [1.29, 1.82) is 0 Å². The van der Waals surface area contributed by atoms with Crippen LogP contribution in [0.2, 0.25) is 0 Å².